The summed E-state index contributed by atoms with van der Waals surface area (Å²) in [5.41, 5.74) is 1.19. The minimum absolute atomic E-state index is 0.00946. The normalized spacial score (nSPS) is 18.6. The van der Waals surface area contributed by atoms with Gasteiger partial charge < -0.3 is 10.1 Å². The quantitative estimate of drug-likeness (QED) is 0.786. The molecule has 1 aromatic rings. The van der Waals surface area contributed by atoms with Gasteiger partial charge in [-0.05, 0) is 62.8 Å². The molecule has 5 heteroatoms. The molecule has 2 saturated carbocycles. The molecule has 2 aliphatic carbocycles. The Kier molecular flexibility index (Phi) is 4.66. The molecule has 3 rings (SSSR count). The Morgan fingerprint density at radius 3 is 2.39 bits per heavy atom. The van der Waals surface area contributed by atoms with E-state index >= 15 is 0 Å². The number of carbonyl (C=O) groups is 2. The van der Waals surface area contributed by atoms with Crippen LogP contribution < -0.4 is 5.32 Å². The Hall–Kier alpha value is -1.88. The smallest absolute Gasteiger partial charge is 0.337 e. The van der Waals surface area contributed by atoms with Crippen LogP contribution >= 0.6 is 0 Å². The van der Waals surface area contributed by atoms with Gasteiger partial charge in [-0.15, -0.1) is 0 Å². The summed E-state index contributed by atoms with van der Waals surface area (Å²) in [5, 5.41) is 2.92. The average molecular weight is 316 g/mol. The Morgan fingerprint density at radius 1 is 1.22 bits per heavy atom. The Balaban J connectivity index is 1.56. The lowest BCUT2D eigenvalue weighted by Crippen LogP contribution is -2.42. The summed E-state index contributed by atoms with van der Waals surface area (Å²) in [6.07, 6.45) is 5.00. The minimum Gasteiger partial charge on any atom is -0.465 e. The van der Waals surface area contributed by atoms with Crippen molar-refractivity contribution in [2.24, 2.45) is 5.92 Å². The van der Waals surface area contributed by atoms with Crippen LogP contribution in [0, 0.1) is 5.92 Å². The molecule has 1 N–H and O–H groups in total. The summed E-state index contributed by atoms with van der Waals surface area (Å²) in [5.74, 6) is 0.402. The molecule has 0 radical (unpaired) electrons. The van der Waals surface area contributed by atoms with E-state index in [4.69, 9.17) is 0 Å². The molecule has 1 unspecified atom stereocenters. The molecule has 0 aromatic heterocycles. The molecule has 2 aliphatic rings. The summed E-state index contributed by atoms with van der Waals surface area (Å²) < 4.78 is 4.66. The van der Waals surface area contributed by atoms with E-state index in [9.17, 15) is 9.59 Å². The van der Waals surface area contributed by atoms with Gasteiger partial charge in [0.1, 0.15) is 0 Å². The summed E-state index contributed by atoms with van der Waals surface area (Å²) in [7, 11) is 1.35. The van der Waals surface area contributed by atoms with Gasteiger partial charge in [-0.3, -0.25) is 9.69 Å². The first-order valence-electron chi connectivity index (χ1n) is 8.32. The van der Waals surface area contributed by atoms with Crippen molar-refractivity contribution in [1.29, 1.82) is 0 Å². The van der Waals surface area contributed by atoms with Crippen molar-refractivity contribution in [2.75, 3.05) is 19.0 Å². The molecule has 0 spiro atoms. The fraction of sp³-hybridized carbons (Fsp3) is 0.556. The first kappa shape index (κ1) is 16.0. The van der Waals surface area contributed by atoms with Crippen molar-refractivity contribution in [3.63, 3.8) is 0 Å². The molecule has 1 aromatic carbocycles. The number of nitrogens with zero attached hydrogens (tertiary/aromatic N) is 1. The van der Waals surface area contributed by atoms with Crippen LogP contribution in [-0.2, 0) is 9.53 Å². The van der Waals surface area contributed by atoms with Gasteiger partial charge in [0.25, 0.3) is 0 Å². The Morgan fingerprint density at radius 2 is 1.87 bits per heavy atom. The molecular formula is C18H24N2O3. The fourth-order valence-corrected chi connectivity index (χ4v) is 3.04. The van der Waals surface area contributed by atoms with E-state index in [2.05, 4.69) is 21.9 Å². The lowest BCUT2D eigenvalue weighted by Gasteiger charge is -2.28. The molecule has 1 amide bonds. The van der Waals surface area contributed by atoms with Crippen LogP contribution in [0.25, 0.3) is 0 Å². The zero-order valence-electron chi connectivity index (χ0n) is 13.7. The van der Waals surface area contributed by atoms with Crippen molar-refractivity contribution in [1.82, 2.24) is 4.90 Å². The molecule has 23 heavy (non-hydrogen) atoms. The third kappa shape index (κ3) is 4.10. The second kappa shape index (κ2) is 6.71. The highest BCUT2D eigenvalue weighted by Crippen LogP contribution is 2.39. The number of benzene rings is 1. The lowest BCUT2D eigenvalue weighted by molar-refractivity contribution is -0.118. The van der Waals surface area contributed by atoms with Crippen molar-refractivity contribution < 1.29 is 14.3 Å². The molecule has 2 fully saturated rings. The molecule has 5 nitrogen and oxygen atoms in total. The largest absolute Gasteiger partial charge is 0.465 e. The van der Waals surface area contributed by atoms with E-state index in [0.717, 1.165) is 5.92 Å². The summed E-state index contributed by atoms with van der Waals surface area (Å²) in [6.45, 7) is 2.69. The number of esters is 1. The van der Waals surface area contributed by atoms with Crippen LogP contribution in [0.1, 0.15) is 43.0 Å². The first-order valence-corrected chi connectivity index (χ1v) is 8.32. The molecule has 1 atom stereocenters. The van der Waals surface area contributed by atoms with Gasteiger partial charge >= 0.3 is 5.97 Å². The van der Waals surface area contributed by atoms with Gasteiger partial charge in [0.15, 0.2) is 0 Å². The number of amides is 1. The topological polar surface area (TPSA) is 58.6 Å². The van der Waals surface area contributed by atoms with E-state index in [1.165, 1.54) is 32.8 Å². The zero-order chi connectivity index (χ0) is 16.4. The molecule has 0 heterocycles. The number of rotatable bonds is 7. The summed E-state index contributed by atoms with van der Waals surface area (Å²) in [6, 6.07) is 7.86. The van der Waals surface area contributed by atoms with Crippen molar-refractivity contribution in [2.45, 2.75) is 44.7 Å². The Bertz CT molecular complexity index is 576. The van der Waals surface area contributed by atoms with Crippen LogP contribution in [-0.4, -0.2) is 42.5 Å². The van der Waals surface area contributed by atoms with Crippen LogP contribution in [0.4, 0.5) is 5.69 Å². The van der Waals surface area contributed by atoms with E-state index in [1.807, 2.05) is 0 Å². The highest BCUT2D eigenvalue weighted by atomic mass is 16.5. The maximum atomic E-state index is 12.3. The number of carbonyl (C=O) groups excluding carboxylic acids is 2. The van der Waals surface area contributed by atoms with Crippen LogP contribution in [0.2, 0.25) is 0 Å². The number of ether oxygens (including phenoxy) is 1. The van der Waals surface area contributed by atoms with Gasteiger partial charge in [-0.2, -0.15) is 0 Å². The maximum Gasteiger partial charge on any atom is 0.337 e. The van der Waals surface area contributed by atoms with Gasteiger partial charge in [-0.25, -0.2) is 4.79 Å². The fourth-order valence-electron chi connectivity index (χ4n) is 3.04. The highest BCUT2D eigenvalue weighted by Gasteiger charge is 2.39. The molecule has 0 saturated heterocycles. The van der Waals surface area contributed by atoms with Gasteiger partial charge in [0.05, 0.1) is 19.2 Å². The predicted octanol–water partition coefficient (Wildman–Crippen LogP) is 2.67. The summed E-state index contributed by atoms with van der Waals surface area (Å²) in [4.78, 5) is 26.1. The maximum absolute atomic E-state index is 12.3. The van der Waals surface area contributed by atoms with Crippen molar-refractivity contribution in [3.05, 3.63) is 29.8 Å². The first-order chi connectivity index (χ1) is 11.1. The number of methoxy groups -OCH3 is 1. The zero-order valence-corrected chi connectivity index (χ0v) is 13.7. The number of anilines is 1. The van der Waals surface area contributed by atoms with E-state index < -0.39 is 0 Å². The van der Waals surface area contributed by atoms with Crippen LogP contribution in [0.15, 0.2) is 24.3 Å². The predicted molar refractivity (Wildman–Crippen MR) is 88.3 cm³/mol. The number of hydrogen-bond acceptors (Lipinski definition) is 4. The number of hydrogen-bond donors (Lipinski definition) is 1. The Labute approximate surface area is 137 Å². The SMILES string of the molecule is COC(=O)c1ccc(NC(=O)CN(C2CC2)C(C)C2CC2)cc1. The molecule has 0 aliphatic heterocycles. The third-order valence-electron chi connectivity index (χ3n) is 4.76. The van der Waals surface area contributed by atoms with Crippen LogP contribution in [0.5, 0.6) is 0 Å². The molecule has 124 valence electrons. The monoisotopic (exact) mass is 316 g/mol. The van der Waals surface area contributed by atoms with Crippen molar-refractivity contribution in [3.8, 4) is 0 Å². The minimum atomic E-state index is -0.374. The highest BCUT2D eigenvalue weighted by molar-refractivity contribution is 5.94. The standard InChI is InChI=1S/C18H24N2O3/c1-12(13-3-4-13)20(16-9-10-16)11-17(21)19-15-7-5-14(6-8-15)18(22)23-2/h5-8,12-13,16H,3-4,9-11H2,1-2H3,(H,19,21). The van der Waals surface area contributed by atoms with Gasteiger partial charge in [0, 0.05) is 17.8 Å². The van der Waals surface area contributed by atoms with Crippen LogP contribution in [0.3, 0.4) is 0 Å². The van der Waals surface area contributed by atoms with Gasteiger partial charge in [-0.1, -0.05) is 0 Å². The molecular weight excluding hydrogens is 292 g/mol. The molecule has 0 bridgehead atoms. The second-order valence-corrected chi connectivity index (χ2v) is 6.60. The van der Waals surface area contributed by atoms with Crippen molar-refractivity contribution >= 4 is 17.6 Å². The van der Waals surface area contributed by atoms with E-state index in [1.54, 1.807) is 24.3 Å². The lowest BCUT2D eigenvalue weighted by atomic mass is 10.1. The summed E-state index contributed by atoms with van der Waals surface area (Å²) >= 11 is 0. The second-order valence-electron chi connectivity index (χ2n) is 6.60. The third-order valence-corrected chi connectivity index (χ3v) is 4.76. The van der Waals surface area contributed by atoms with E-state index in [0.29, 0.717) is 29.9 Å². The van der Waals surface area contributed by atoms with Gasteiger partial charge in [0.2, 0.25) is 5.91 Å². The number of nitrogens with one attached hydrogen (secondary N) is 1. The average Bonchev–Trinajstić information content (AvgIpc) is 3.43. The van der Waals surface area contributed by atoms with E-state index in [-0.39, 0.29) is 11.9 Å².